The number of aromatic amines is 1. The van der Waals surface area contributed by atoms with Gasteiger partial charge in [0.1, 0.15) is 23.2 Å². The van der Waals surface area contributed by atoms with Crippen molar-refractivity contribution in [1.82, 2.24) is 15.1 Å². The molecule has 0 radical (unpaired) electrons. The second-order valence-corrected chi connectivity index (χ2v) is 4.25. The van der Waals surface area contributed by atoms with Crippen LogP contribution >= 0.6 is 0 Å². The van der Waals surface area contributed by atoms with E-state index < -0.39 is 0 Å². The number of benzene rings is 1. The summed E-state index contributed by atoms with van der Waals surface area (Å²) in [6.45, 7) is 2.48. The molecule has 3 aromatic rings. The van der Waals surface area contributed by atoms with Gasteiger partial charge in [-0.2, -0.15) is 10.2 Å². The lowest BCUT2D eigenvalue weighted by molar-refractivity contribution is 0.341. The van der Waals surface area contributed by atoms with Gasteiger partial charge in [-0.1, -0.05) is 17.3 Å². The first-order valence-corrected chi connectivity index (χ1v) is 6.47. The van der Waals surface area contributed by atoms with Gasteiger partial charge in [0, 0.05) is 0 Å². The smallest absolute Gasteiger partial charge is 0.274 e. The number of hydrogen-bond acceptors (Lipinski definition) is 5. The molecule has 0 atom stereocenters. The van der Waals surface area contributed by atoms with Gasteiger partial charge in [-0.05, 0) is 31.2 Å². The fraction of sp³-hybridized carbons (Fsp3) is 0.133. The number of aromatic nitrogens is 3. The van der Waals surface area contributed by atoms with E-state index in [2.05, 4.69) is 15.1 Å². The standard InChI is InChI=1S/C15H12N4O2/c1-2-20-13-6-4-3-5-11(13)14-18-15(21-19-14)12-8-7-10(9-16)17-12/h3-8,17H,2H2,1H3. The van der Waals surface area contributed by atoms with Gasteiger partial charge in [0.2, 0.25) is 5.82 Å². The van der Waals surface area contributed by atoms with E-state index in [-0.39, 0.29) is 0 Å². The average molecular weight is 280 g/mol. The topological polar surface area (TPSA) is 87.7 Å². The van der Waals surface area contributed by atoms with Crippen LogP contribution in [0, 0.1) is 11.3 Å². The summed E-state index contributed by atoms with van der Waals surface area (Å²) < 4.78 is 10.8. The minimum Gasteiger partial charge on any atom is -0.493 e. The highest BCUT2D eigenvalue weighted by Gasteiger charge is 2.15. The Labute approximate surface area is 121 Å². The molecule has 21 heavy (non-hydrogen) atoms. The lowest BCUT2D eigenvalue weighted by Gasteiger charge is -2.05. The van der Waals surface area contributed by atoms with Crippen LogP contribution in [0.1, 0.15) is 12.6 Å². The maximum atomic E-state index is 8.81. The molecule has 6 heteroatoms. The summed E-state index contributed by atoms with van der Waals surface area (Å²) in [5.74, 6) is 1.48. The fourth-order valence-electron chi connectivity index (χ4n) is 1.96. The van der Waals surface area contributed by atoms with E-state index in [1.54, 1.807) is 12.1 Å². The molecule has 2 heterocycles. The van der Waals surface area contributed by atoms with Gasteiger partial charge in [-0.25, -0.2) is 0 Å². The minimum atomic E-state index is 0.331. The monoisotopic (exact) mass is 280 g/mol. The quantitative estimate of drug-likeness (QED) is 0.793. The average Bonchev–Trinajstić information content (AvgIpc) is 3.17. The van der Waals surface area contributed by atoms with Crippen molar-refractivity contribution in [2.75, 3.05) is 6.61 Å². The molecule has 0 unspecified atom stereocenters. The van der Waals surface area contributed by atoms with Crippen molar-refractivity contribution in [3.05, 3.63) is 42.1 Å². The molecule has 1 aromatic carbocycles. The number of rotatable bonds is 4. The zero-order valence-corrected chi connectivity index (χ0v) is 11.3. The summed E-state index contributed by atoms with van der Waals surface area (Å²) >= 11 is 0. The lowest BCUT2D eigenvalue weighted by atomic mass is 10.2. The Bertz CT molecular complexity index is 798. The van der Waals surface area contributed by atoms with E-state index in [1.807, 2.05) is 37.3 Å². The Kier molecular flexibility index (Phi) is 3.39. The maximum absolute atomic E-state index is 8.81. The van der Waals surface area contributed by atoms with Crippen molar-refractivity contribution in [3.63, 3.8) is 0 Å². The molecule has 0 aliphatic carbocycles. The molecular weight excluding hydrogens is 268 g/mol. The molecule has 0 bridgehead atoms. The largest absolute Gasteiger partial charge is 0.493 e. The van der Waals surface area contributed by atoms with E-state index in [1.165, 1.54) is 0 Å². The van der Waals surface area contributed by atoms with Gasteiger partial charge in [-0.15, -0.1) is 0 Å². The van der Waals surface area contributed by atoms with Crippen LogP contribution in [-0.2, 0) is 0 Å². The molecule has 0 aliphatic heterocycles. The van der Waals surface area contributed by atoms with E-state index in [0.29, 0.717) is 35.5 Å². The van der Waals surface area contributed by atoms with E-state index in [9.17, 15) is 0 Å². The molecule has 6 nitrogen and oxygen atoms in total. The minimum absolute atomic E-state index is 0.331. The van der Waals surface area contributed by atoms with Gasteiger partial charge in [-0.3, -0.25) is 0 Å². The predicted octanol–water partition coefficient (Wildman–Crippen LogP) is 3.00. The van der Waals surface area contributed by atoms with Gasteiger partial charge < -0.3 is 14.2 Å². The third kappa shape index (κ3) is 2.49. The number of ether oxygens (including phenoxy) is 1. The van der Waals surface area contributed by atoms with Gasteiger partial charge in [0.15, 0.2) is 0 Å². The van der Waals surface area contributed by atoms with Crippen LogP contribution in [0.3, 0.4) is 0 Å². The van der Waals surface area contributed by atoms with E-state index in [0.717, 1.165) is 5.56 Å². The molecule has 0 fully saturated rings. The third-order valence-corrected chi connectivity index (χ3v) is 2.89. The van der Waals surface area contributed by atoms with Crippen molar-refractivity contribution in [3.8, 4) is 34.8 Å². The molecule has 104 valence electrons. The SMILES string of the molecule is CCOc1ccccc1-c1noc(-c2ccc(C#N)[nH]2)n1. The molecular formula is C15H12N4O2. The van der Waals surface area contributed by atoms with Crippen LogP contribution in [0.4, 0.5) is 0 Å². The predicted molar refractivity (Wildman–Crippen MR) is 75.4 cm³/mol. The van der Waals surface area contributed by atoms with Crippen molar-refractivity contribution in [2.24, 2.45) is 0 Å². The van der Waals surface area contributed by atoms with Crippen LogP contribution in [0.5, 0.6) is 5.75 Å². The van der Waals surface area contributed by atoms with Gasteiger partial charge >= 0.3 is 0 Å². The Balaban J connectivity index is 1.97. The first-order chi connectivity index (χ1) is 10.3. The summed E-state index contributed by atoms with van der Waals surface area (Å²) in [5.41, 5.74) is 1.82. The molecule has 0 spiro atoms. The second-order valence-electron chi connectivity index (χ2n) is 4.25. The number of nitrogens with one attached hydrogen (secondary N) is 1. The van der Waals surface area contributed by atoms with Crippen molar-refractivity contribution in [2.45, 2.75) is 6.92 Å². The molecule has 2 aromatic heterocycles. The Hall–Kier alpha value is -3.07. The molecule has 0 amide bonds. The first kappa shape index (κ1) is 12.9. The van der Waals surface area contributed by atoms with Crippen molar-refractivity contribution < 1.29 is 9.26 Å². The summed E-state index contributed by atoms with van der Waals surface area (Å²) in [7, 11) is 0. The van der Waals surface area contributed by atoms with Gasteiger partial charge in [0.25, 0.3) is 5.89 Å². The molecule has 3 rings (SSSR count). The molecule has 0 saturated carbocycles. The highest BCUT2D eigenvalue weighted by Crippen LogP contribution is 2.29. The van der Waals surface area contributed by atoms with Gasteiger partial charge in [0.05, 0.1) is 12.2 Å². The van der Waals surface area contributed by atoms with E-state index in [4.69, 9.17) is 14.5 Å². The van der Waals surface area contributed by atoms with Crippen molar-refractivity contribution in [1.29, 1.82) is 5.26 Å². The number of H-pyrrole nitrogens is 1. The van der Waals surface area contributed by atoms with Crippen LogP contribution < -0.4 is 4.74 Å². The van der Waals surface area contributed by atoms with Crippen molar-refractivity contribution >= 4 is 0 Å². The zero-order chi connectivity index (χ0) is 14.7. The number of hydrogen-bond donors (Lipinski definition) is 1. The maximum Gasteiger partial charge on any atom is 0.274 e. The number of nitrogens with zero attached hydrogens (tertiary/aromatic N) is 3. The lowest BCUT2D eigenvalue weighted by Crippen LogP contribution is -1.94. The highest BCUT2D eigenvalue weighted by atomic mass is 16.5. The highest BCUT2D eigenvalue weighted by molar-refractivity contribution is 5.65. The summed E-state index contributed by atoms with van der Waals surface area (Å²) in [5, 5.41) is 12.8. The fourth-order valence-corrected chi connectivity index (χ4v) is 1.96. The zero-order valence-electron chi connectivity index (χ0n) is 11.3. The Morgan fingerprint density at radius 2 is 2.14 bits per heavy atom. The van der Waals surface area contributed by atoms with Crippen LogP contribution in [0.25, 0.3) is 23.0 Å². The second kappa shape index (κ2) is 5.51. The summed E-state index contributed by atoms with van der Waals surface area (Å²) in [6.07, 6.45) is 0. The third-order valence-electron chi connectivity index (χ3n) is 2.89. The summed E-state index contributed by atoms with van der Waals surface area (Å²) in [6, 6.07) is 12.9. The van der Waals surface area contributed by atoms with Crippen LogP contribution in [-0.4, -0.2) is 21.7 Å². The summed E-state index contributed by atoms with van der Waals surface area (Å²) in [4.78, 5) is 7.24. The van der Waals surface area contributed by atoms with Crippen LogP contribution in [0.2, 0.25) is 0 Å². The molecule has 0 saturated heterocycles. The Morgan fingerprint density at radius 3 is 2.90 bits per heavy atom. The first-order valence-electron chi connectivity index (χ1n) is 6.47. The Morgan fingerprint density at radius 1 is 1.29 bits per heavy atom. The number of para-hydroxylation sites is 1. The number of nitriles is 1. The normalized spacial score (nSPS) is 10.3. The molecule has 0 aliphatic rings. The van der Waals surface area contributed by atoms with E-state index >= 15 is 0 Å². The van der Waals surface area contributed by atoms with Crippen LogP contribution in [0.15, 0.2) is 40.9 Å². The molecule has 1 N–H and O–H groups in total.